The van der Waals surface area contributed by atoms with Crippen LogP contribution in [0, 0.1) is 0 Å². The number of aliphatic carboxylic acids is 1. The standard InChI is InChI=1S/C7H11ClO3.Na.H2O3S.H/c8-5-3-1-2-4-6(9)7(10)11;;1-4(2)3;/h1-5H2,(H,10,11);;(H2,1,2,3);. The zero-order valence-corrected chi connectivity index (χ0v) is 9.46. The molecule has 0 radical (unpaired) electrons. The number of unbranched alkanes of at least 4 members (excludes halogenated alkanes) is 2. The summed E-state index contributed by atoms with van der Waals surface area (Å²) in [6.07, 6.45) is 2.42. The van der Waals surface area contributed by atoms with Gasteiger partial charge in [0, 0.05) is 12.3 Å². The number of carboxylic acids is 1. The Morgan fingerprint density at radius 3 is 1.88 bits per heavy atom. The predicted molar refractivity (Wildman–Crippen MR) is 62.4 cm³/mol. The summed E-state index contributed by atoms with van der Waals surface area (Å²) in [4.78, 5) is 20.5. The Hall–Kier alpha value is 0.500. The van der Waals surface area contributed by atoms with Crippen molar-refractivity contribution in [3.63, 3.8) is 0 Å². The molecule has 0 aromatic rings. The average Bonchev–Trinajstić information content (AvgIpc) is 2.11. The van der Waals surface area contributed by atoms with Gasteiger partial charge in [0.2, 0.25) is 5.78 Å². The minimum absolute atomic E-state index is 0. The molecule has 6 nitrogen and oxygen atoms in total. The molecule has 0 aliphatic heterocycles. The molecule has 0 unspecified atom stereocenters. The van der Waals surface area contributed by atoms with Crippen LogP contribution in [-0.4, -0.2) is 65.6 Å². The van der Waals surface area contributed by atoms with Crippen LogP contribution in [0.5, 0.6) is 0 Å². The van der Waals surface area contributed by atoms with Crippen LogP contribution in [0.2, 0.25) is 0 Å². The van der Waals surface area contributed by atoms with E-state index in [9.17, 15) is 9.59 Å². The fourth-order valence-corrected chi connectivity index (χ4v) is 0.853. The summed E-state index contributed by atoms with van der Waals surface area (Å²) in [5, 5.41) is 8.16. The molecule has 0 saturated heterocycles. The summed E-state index contributed by atoms with van der Waals surface area (Å²) < 4.78 is 22.8. The van der Waals surface area contributed by atoms with Gasteiger partial charge in [-0.1, -0.05) is 6.42 Å². The third-order valence-electron chi connectivity index (χ3n) is 1.28. The van der Waals surface area contributed by atoms with Crippen molar-refractivity contribution < 1.29 is 28.0 Å². The topological polar surface area (TPSA) is 112 Å². The van der Waals surface area contributed by atoms with Crippen LogP contribution in [0.3, 0.4) is 0 Å². The summed E-state index contributed by atoms with van der Waals surface area (Å²) in [5.41, 5.74) is 0. The molecule has 3 N–H and O–H groups in total. The van der Waals surface area contributed by atoms with E-state index in [0.29, 0.717) is 12.3 Å². The molecule has 0 aliphatic rings. The Labute approximate surface area is 123 Å². The second kappa shape index (κ2) is 15.5. The monoisotopic (exact) mass is 284 g/mol. The van der Waals surface area contributed by atoms with Gasteiger partial charge in [-0.05, 0) is 12.8 Å². The number of rotatable bonds is 6. The molecule has 0 bridgehead atoms. The number of carbonyl (C=O) groups is 2. The molecule has 0 rings (SSSR count). The van der Waals surface area contributed by atoms with Crippen molar-refractivity contribution in [1.82, 2.24) is 0 Å². The van der Waals surface area contributed by atoms with E-state index >= 15 is 0 Å². The van der Waals surface area contributed by atoms with Gasteiger partial charge >= 0.3 is 35.5 Å². The van der Waals surface area contributed by atoms with Gasteiger partial charge in [0.05, 0.1) is 0 Å². The Morgan fingerprint density at radius 2 is 1.56 bits per heavy atom. The van der Waals surface area contributed by atoms with E-state index in [1.807, 2.05) is 0 Å². The van der Waals surface area contributed by atoms with Crippen molar-refractivity contribution in [2.24, 2.45) is 0 Å². The molecule has 0 saturated carbocycles. The number of ketones is 1. The number of Topliss-reactive ketones (excluding diaryl/α,β-unsaturated/α-hetero) is 1. The number of carbonyl (C=O) groups excluding carboxylic acids is 1. The van der Waals surface area contributed by atoms with Crippen molar-refractivity contribution in [3.8, 4) is 0 Å². The van der Waals surface area contributed by atoms with Crippen molar-refractivity contribution >= 4 is 64.3 Å². The van der Waals surface area contributed by atoms with E-state index in [0.717, 1.165) is 12.8 Å². The third-order valence-corrected chi connectivity index (χ3v) is 1.54. The molecule has 16 heavy (non-hydrogen) atoms. The van der Waals surface area contributed by atoms with Gasteiger partial charge in [-0.15, -0.1) is 11.6 Å². The van der Waals surface area contributed by atoms with E-state index in [2.05, 4.69) is 0 Å². The molecular weight excluding hydrogens is 271 g/mol. The van der Waals surface area contributed by atoms with Gasteiger partial charge in [-0.2, -0.15) is 4.21 Å². The van der Waals surface area contributed by atoms with Crippen molar-refractivity contribution in [2.75, 3.05) is 5.88 Å². The first-order valence-electron chi connectivity index (χ1n) is 4.03. The molecule has 0 aliphatic carbocycles. The molecule has 0 aromatic carbocycles. The fraction of sp³-hybridized carbons (Fsp3) is 0.714. The van der Waals surface area contributed by atoms with Crippen LogP contribution in [0.15, 0.2) is 0 Å². The number of halogens is 1. The SMILES string of the molecule is O=C(O)C(=O)CCCCCCl.O=S(O)O.[NaH]. The van der Waals surface area contributed by atoms with Crippen LogP contribution < -0.4 is 0 Å². The van der Waals surface area contributed by atoms with Crippen molar-refractivity contribution in [2.45, 2.75) is 25.7 Å². The fourth-order valence-electron chi connectivity index (χ4n) is 0.664. The normalized spacial score (nSPS) is 8.75. The summed E-state index contributed by atoms with van der Waals surface area (Å²) in [5.74, 6) is -1.48. The second-order valence-corrected chi connectivity index (χ2v) is 3.30. The van der Waals surface area contributed by atoms with Gasteiger partial charge in [0.15, 0.2) is 0 Å². The van der Waals surface area contributed by atoms with E-state index in [4.69, 9.17) is 30.0 Å². The van der Waals surface area contributed by atoms with Crippen LogP contribution in [0.1, 0.15) is 25.7 Å². The van der Waals surface area contributed by atoms with Crippen LogP contribution >= 0.6 is 11.6 Å². The summed E-state index contributed by atoms with van der Waals surface area (Å²) in [6.45, 7) is 0. The third kappa shape index (κ3) is 24.0. The maximum absolute atomic E-state index is 10.5. The molecule has 0 aromatic heterocycles. The molecule has 92 valence electrons. The number of alkyl halides is 1. The quantitative estimate of drug-likeness (QED) is 0.215. The molecule has 0 amide bonds. The molecular formula is C7H14ClNaO6S. The molecule has 0 fully saturated rings. The molecule has 0 atom stereocenters. The van der Waals surface area contributed by atoms with E-state index in [1.54, 1.807) is 0 Å². The first-order valence-corrected chi connectivity index (χ1v) is 5.63. The molecule has 9 heteroatoms. The molecule has 0 heterocycles. The van der Waals surface area contributed by atoms with E-state index < -0.39 is 23.1 Å². The minimum atomic E-state index is -2.61. The van der Waals surface area contributed by atoms with Gasteiger partial charge < -0.3 is 5.11 Å². The zero-order chi connectivity index (χ0) is 12.3. The first kappa shape index (κ1) is 21.8. The van der Waals surface area contributed by atoms with Gasteiger partial charge in [-0.3, -0.25) is 13.9 Å². The van der Waals surface area contributed by atoms with Gasteiger partial charge in [0.1, 0.15) is 0 Å². The summed E-state index contributed by atoms with van der Waals surface area (Å²) >= 11 is 2.77. The second-order valence-electron chi connectivity index (χ2n) is 2.46. The Balaban J connectivity index is -0.000000292. The van der Waals surface area contributed by atoms with Crippen LogP contribution in [-0.2, 0) is 21.0 Å². The number of hydrogen-bond acceptors (Lipinski definition) is 3. The van der Waals surface area contributed by atoms with Gasteiger partial charge in [-0.25, -0.2) is 4.79 Å². The predicted octanol–water partition coefficient (Wildman–Crippen LogP) is 0.472. The van der Waals surface area contributed by atoms with Crippen molar-refractivity contribution in [3.05, 3.63) is 0 Å². The molecule has 0 spiro atoms. The Morgan fingerprint density at radius 1 is 1.12 bits per heavy atom. The average molecular weight is 285 g/mol. The first-order chi connectivity index (χ1) is 6.91. The Bertz CT molecular complexity index is 221. The van der Waals surface area contributed by atoms with E-state index in [-0.39, 0.29) is 36.0 Å². The zero-order valence-electron chi connectivity index (χ0n) is 7.89. The summed E-state index contributed by atoms with van der Waals surface area (Å²) in [6, 6.07) is 0. The van der Waals surface area contributed by atoms with E-state index in [1.165, 1.54) is 0 Å². The number of carboxylic acid groups (broad SMARTS) is 1. The van der Waals surface area contributed by atoms with Crippen molar-refractivity contribution in [1.29, 1.82) is 0 Å². The maximum atomic E-state index is 10.5. The number of hydrogen-bond donors (Lipinski definition) is 3. The van der Waals surface area contributed by atoms with Crippen LogP contribution in [0.4, 0.5) is 0 Å². The van der Waals surface area contributed by atoms with Gasteiger partial charge in [0.25, 0.3) is 11.4 Å². The summed E-state index contributed by atoms with van der Waals surface area (Å²) in [7, 11) is 0. The Kier molecular flexibility index (Phi) is 21.1. The van der Waals surface area contributed by atoms with Crippen LogP contribution in [0.25, 0.3) is 0 Å².